The van der Waals surface area contributed by atoms with Crippen molar-refractivity contribution in [2.45, 2.75) is 0 Å². The minimum atomic E-state index is 0.882. The van der Waals surface area contributed by atoms with E-state index in [1.54, 1.807) is 0 Å². The Morgan fingerprint density at radius 1 is 0.258 bits per heavy atom. The van der Waals surface area contributed by atoms with Crippen LogP contribution in [-0.2, 0) is 0 Å². The SMILES string of the molecule is c1ccc(-c2ccc(-c3ccc(N(c4cccc(-c5cccc6oc7ccccc7c56)c4)c4cc(-c5cccc6ccccc56)ccc4-c4ccccc4)cc3)cc2-c2ccccc2)cc1. The molecule has 0 atom stereocenters. The quantitative estimate of drug-likeness (QED) is 0.144. The first kappa shape index (κ1) is 38.9. The summed E-state index contributed by atoms with van der Waals surface area (Å²) in [6.45, 7) is 0. The number of hydrogen-bond donors (Lipinski definition) is 0. The lowest BCUT2D eigenvalue weighted by Gasteiger charge is -2.29. The third kappa shape index (κ3) is 7.12. The number of nitrogens with zero attached hydrogens (tertiary/aromatic N) is 1. The van der Waals surface area contributed by atoms with E-state index in [9.17, 15) is 0 Å². The molecule has 0 spiro atoms. The zero-order valence-electron chi connectivity index (χ0n) is 36.2. The van der Waals surface area contributed by atoms with Crippen LogP contribution in [0.4, 0.5) is 17.1 Å². The van der Waals surface area contributed by atoms with Gasteiger partial charge in [0.05, 0.1) is 5.69 Å². The monoisotopic (exact) mass is 841 g/mol. The van der Waals surface area contributed by atoms with Gasteiger partial charge in [0.15, 0.2) is 0 Å². The summed E-state index contributed by atoms with van der Waals surface area (Å²) >= 11 is 0. The molecule has 0 fully saturated rings. The zero-order chi connectivity index (χ0) is 43.8. The molecule has 310 valence electrons. The summed E-state index contributed by atoms with van der Waals surface area (Å²) < 4.78 is 6.38. The number of benzene rings is 11. The van der Waals surface area contributed by atoms with E-state index in [0.29, 0.717) is 0 Å². The normalized spacial score (nSPS) is 11.3. The maximum absolute atomic E-state index is 6.38. The maximum atomic E-state index is 6.38. The van der Waals surface area contributed by atoms with Gasteiger partial charge in [0.1, 0.15) is 11.2 Å². The Balaban J connectivity index is 1.05. The summed E-state index contributed by atoms with van der Waals surface area (Å²) in [5, 5.41) is 4.68. The Bertz CT molecular complexity index is 3680. The van der Waals surface area contributed by atoms with Crippen LogP contribution < -0.4 is 4.90 Å². The third-order valence-corrected chi connectivity index (χ3v) is 12.9. The molecule has 0 amide bonds. The minimum Gasteiger partial charge on any atom is -0.456 e. The Morgan fingerprint density at radius 3 is 1.56 bits per heavy atom. The second kappa shape index (κ2) is 16.8. The molecule has 0 aliphatic rings. The molecule has 0 saturated carbocycles. The molecule has 1 aromatic heterocycles. The highest BCUT2D eigenvalue weighted by Crippen LogP contribution is 2.46. The topological polar surface area (TPSA) is 16.4 Å². The molecule has 0 aliphatic carbocycles. The lowest BCUT2D eigenvalue weighted by atomic mass is 9.91. The fourth-order valence-corrected chi connectivity index (χ4v) is 9.73. The van der Waals surface area contributed by atoms with Crippen LogP contribution in [-0.4, -0.2) is 0 Å². The highest BCUT2D eigenvalue weighted by molar-refractivity contribution is 6.12. The highest BCUT2D eigenvalue weighted by Gasteiger charge is 2.21. The Hall–Kier alpha value is -8.72. The fourth-order valence-electron chi connectivity index (χ4n) is 9.73. The van der Waals surface area contributed by atoms with Crippen LogP contribution in [0.25, 0.3) is 99.5 Å². The standard InChI is InChI=1S/C64H43NO/c1-4-17-45(18-5-1)56-39-35-49(42-60(56)48-21-8-3-9-22-48)44-33-37-52(38-34-44)65(53-26-14-25-50(41-53)58-30-16-32-63-64(58)59-28-12-13-31-62(59)66-63)61-43-51(36-40-57(61)47-19-6-2-7-20-47)55-29-15-24-46-23-10-11-27-54(46)55/h1-43H. The van der Waals surface area contributed by atoms with Gasteiger partial charge in [0, 0.05) is 27.7 Å². The van der Waals surface area contributed by atoms with E-state index < -0.39 is 0 Å². The molecule has 66 heavy (non-hydrogen) atoms. The first-order valence-electron chi connectivity index (χ1n) is 22.6. The molecule has 11 aromatic carbocycles. The maximum Gasteiger partial charge on any atom is 0.136 e. The predicted octanol–water partition coefficient (Wildman–Crippen LogP) is 18.2. The number of hydrogen-bond acceptors (Lipinski definition) is 2. The Kier molecular flexibility index (Phi) is 9.89. The predicted molar refractivity (Wildman–Crippen MR) is 279 cm³/mol. The van der Waals surface area contributed by atoms with Crippen LogP contribution in [0.3, 0.4) is 0 Å². The van der Waals surface area contributed by atoms with E-state index in [1.807, 2.05) is 6.07 Å². The van der Waals surface area contributed by atoms with Crippen molar-refractivity contribution >= 4 is 49.8 Å². The lowest BCUT2D eigenvalue weighted by Crippen LogP contribution is -2.11. The van der Waals surface area contributed by atoms with E-state index in [4.69, 9.17) is 4.42 Å². The molecule has 0 N–H and O–H groups in total. The Morgan fingerprint density at radius 2 is 0.788 bits per heavy atom. The summed E-state index contributed by atoms with van der Waals surface area (Å²) in [5.74, 6) is 0. The zero-order valence-corrected chi connectivity index (χ0v) is 36.2. The number of rotatable bonds is 9. The van der Waals surface area contributed by atoms with E-state index in [-0.39, 0.29) is 0 Å². The molecular weight excluding hydrogens is 799 g/mol. The summed E-state index contributed by atoms with van der Waals surface area (Å²) in [6, 6.07) is 94.0. The Labute approximate surface area is 384 Å². The van der Waals surface area contributed by atoms with Crippen LogP contribution in [0, 0.1) is 0 Å². The third-order valence-electron chi connectivity index (χ3n) is 12.9. The van der Waals surface area contributed by atoms with Crippen LogP contribution in [0.5, 0.6) is 0 Å². The van der Waals surface area contributed by atoms with Crippen molar-refractivity contribution in [3.05, 3.63) is 261 Å². The molecule has 0 unspecified atom stereocenters. The van der Waals surface area contributed by atoms with Gasteiger partial charge in [-0.3, -0.25) is 0 Å². The summed E-state index contributed by atoms with van der Waals surface area (Å²) in [4.78, 5) is 2.44. The van der Waals surface area contributed by atoms with Gasteiger partial charge in [-0.05, 0) is 121 Å². The number of furan rings is 1. The largest absolute Gasteiger partial charge is 0.456 e. The van der Waals surface area contributed by atoms with Gasteiger partial charge in [-0.2, -0.15) is 0 Å². The molecule has 2 nitrogen and oxygen atoms in total. The molecular formula is C64H43NO. The van der Waals surface area contributed by atoms with Crippen LogP contribution in [0.1, 0.15) is 0 Å². The van der Waals surface area contributed by atoms with Crippen LogP contribution in [0.2, 0.25) is 0 Å². The van der Waals surface area contributed by atoms with E-state index >= 15 is 0 Å². The van der Waals surface area contributed by atoms with Crippen molar-refractivity contribution in [1.82, 2.24) is 0 Å². The molecule has 1 heterocycles. The second-order valence-corrected chi connectivity index (χ2v) is 16.8. The van der Waals surface area contributed by atoms with Gasteiger partial charge in [0.2, 0.25) is 0 Å². The fraction of sp³-hybridized carbons (Fsp3) is 0. The molecule has 0 aliphatic heterocycles. The molecule has 0 saturated heterocycles. The van der Waals surface area contributed by atoms with E-state index in [0.717, 1.165) is 77.9 Å². The van der Waals surface area contributed by atoms with Gasteiger partial charge >= 0.3 is 0 Å². The first-order chi connectivity index (χ1) is 32.7. The van der Waals surface area contributed by atoms with Gasteiger partial charge < -0.3 is 9.32 Å². The number of anilines is 3. The van der Waals surface area contributed by atoms with Crippen molar-refractivity contribution in [2.24, 2.45) is 0 Å². The van der Waals surface area contributed by atoms with E-state index in [2.05, 4.69) is 260 Å². The summed E-state index contributed by atoms with van der Waals surface area (Å²) in [7, 11) is 0. The molecule has 0 radical (unpaired) electrons. The van der Waals surface area contributed by atoms with Gasteiger partial charge in [-0.25, -0.2) is 0 Å². The smallest absolute Gasteiger partial charge is 0.136 e. The van der Waals surface area contributed by atoms with Gasteiger partial charge in [-0.1, -0.05) is 212 Å². The first-order valence-corrected chi connectivity index (χ1v) is 22.6. The number of para-hydroxylation sites is 1. The minimum absolute atomic E-state index is 0.882. The molecule has 12 aromatic rings. The summed E-state index contributed by atoms with van der Waals surface area (Å²) in [5.41, 5.74) is 19.0. The number of fused-ring (bicyclic) bond motifs is 4. The van der Waals surface area contributed by atoms with Crippen molar-refractivity contribution in [1.29, 1.82) is 0 Å². The van der Waals surface area contributed by atoms with Crippen molar-refractivity contribution in [3.8, 4) is 66.8 Å². The van der Waals surface area contributed by atoms with Crippen LogP contribution >= 0.6 is 0 Å². The summed E-state index contributed by atoms with van der Waals surface area (Å²) in [6.07, 6.45) is 0. The lowest BCUT2D eigenvalue weighted by molar-refractivity contribution is 0.669. The van der Waals surface area contributed by atoms with Crippen LogP contribution in [0.15, 0.2) is 265 Å². The van der Waals surface area contributed by atoms with Gasteiger partial charge in [0.25, 0.3) is 0 Å². The van der Waals surface area contributed by atoms with Crippen molar-refractivity contribution in [2.75, 3.05) is 4.90 Å². The highest BCUT2D eigenvalue weighted by atomic mass is 16.3. The van der Waals surface area contributed by atoms with Gasteiger partial charge in [-0.15, -0.1) is 0 Å². The van der Waals surface area contributed by atoms with E-state index in [1.165, 1.54) is 38.6 Å². The average Bonchev–Trinajstić information content (AvgIpc) is 3.79. The average molecular weight is 842 g/mol. The second-order valence-electron chi connectivity index (χ2n) is 16.8. The van der Waals surface area contributed by atoms with Crippen molar-refractivity contribution < 1.29 is 4.42 Å². The van der Waals surface area contributed by atoms with Crippen molar-refractivity contribution in [3.63, 3.8) is 0 Å². The molecule has 12 rings (SSSR count). The molecule has 0 bridgehead atoms. The molecule has 2 heteroatoms.